The number of H-pyrrole nitrogens is 1. The number of benzene rings is 2. The molecule has 2 bridgehead atoms. The number of ether oxygens (including phenoxy) is 2. The molecule has 3 amide bonds. The summed E-state index contributed by atoms with van der Waals surface area (Å²) in [6.07, 6.45) is 3.98. The van der Waals surface area contributed by atoms with Crippen molar-refractivity contribution in [3.8, 4) is 11.5 Å². The molecule has 45 heavy (non-hydrogen) atoms. The number of rotatable bonds is 6. The molecule has 4 fully saturated rings. The first-order valence-electron chi connectivity index (χ1n) is 15.5. The zero-order valence-electron chi connectivity index (χ0n) is 24.6. The molecule has 7 atom stereocenters. The molecule has 234 valence electrons. The maximum atomic E-state index is 14.0. The molecule has 3 aromatic rings. The van der Waals surface area contributed by atoms with Gasteiger partial charge in [-0.1, -0.05) is 29.0 Å². The predicted molar refractivity (Wildman–Crippen MR) is 171 cm³/mol. The fourth-order valence-electron chi connectivity index (χ4n) is 8.61. The van der Waals surface area contributed by atoms with Gasteiger partial charge in [-0.3, -0.25) is 24.1 Å². The molecule has 9 nitrogen and oxygen atoms in total. The van der Waals surface area contributed by atoms with Crippen LogP contribution in [0.4, 0.5) is 5.69 Å². The molecule has 2 aromatic carbocycles. The van der Waals surface area contributed by atoms with E-state index in [4.69, 9.17) is 21.1 Å². The number of nitrogens with one attached hydrogen (secondary N) is 1. The highest BCUT2D eigenvalue weighted by molar-refractivity contribution is 8.00. The first kappa shape index (κ1) is 29.1. The Morgan fingerprint density at radius 2 is 1.71 bits per heavy atom. The third-order valence-electron chi connectivity index (χ3n) is 10.4. The Morgan fingerprint density at radius 1 is 0.978 bits per heavy atom. The van der Waals surface area contributed by atoms with Crippen molar-refractivity contribution in [1.29, 1.82) is 0 Å². The van der Waals surface area contributed by atoms with E-state index >= 15 is 0 Å². The molecule has 8 rings (SSSR count). The van der Waals surface area contributed by atoms with E-state index in [-0.39, 0.29) is 64.0 Å². The number of aromatic nitrogens is 1. The van der Waals surface area contributed by atoms with Gasteiger partial charge in [0.25, 0.3) is 5.91 Å². The van der Waals surface area contributed by atoms with E-state index in [2.05, 4.69) is 4.98 Å². The number of hydrogen-bond donors (Lipinski definition) is 1. The van der Waals surface area contributed by atoms with Crippen molar-refractivity contribution in [1.82, 2.24) is 9.88 Å². The van der Waals surface area contributed by atoms with E-state index in [1.165, 1.54) is 16.2 Å². The van der Waals surface area contributed by atoms with Gasteiger partial charge in [-0.15, -0.1) is 11.8 Å². The van der Waals surface area contributed by atoms with Crippen LogP contribution in [0.2, 0.25) is 5.02 Å². The molecular weight excluding hydrogens is 634 g/mol. The number of piperidine rings is 1. The number of halogens is 1. The van der Waals surface area contributed by atoms with E-state index < -0.39 is 5.92 Å². The van der Waals surface area contributed by atoms with Gasteiger partial charge in [0.15, 0.2) is 18.1 Å². The maximum Gasteiger partial charge on any atom is 0.305 e. The highest BCUT2D eigenvalue weighted by Gasteiger charge is 2.69. The largest absolute Gasteiger partial charge is 0.493 e. The molecule has 2 saturated heterocycles. The van der Waals surface area contributed by atoms with Crippen LogP contribution in [0.5, 0.6) is 11.5 Å². The number of carbonyl (C=O) groups is 3. The lowest BCUT2D eigenvalue weighted by Gasteiger charge is -2.43. The lowest BCUT2D eigenvalue weighted by atomic mass is 9.68. The van der Waals surface area contributed by atoms with Crippen LogP contribution in [0, 0.1) is 29.6 Å². The van der Waals surface area contributed by atoms with Gasteiger partial charge in [0.2, 0.25) is 11.8 Å². The van der Waals surface area contributed by atoms with Crippen molar-refractivity contribution in [2.45, 2.75) is 41.9 Å². The standard InChI is InChI=1S/C33H32ClN3O6S2/c1-42-22-13-16(5-10-21(22)43-15-23(38)36-11-3-2-4-12-36)24-25-19-14-20(28(25)44-30-29(24)45-33(41)35-30)27-26(19)31(39)37(32(27)40)18-8-6-17(34)7-9-18/h5-10,13,19-20,24-28H,2-4,11-12,14-15H2,1H3,(H,35,41)/t19-,20-,24+,25-,26+,27+,28-/m1/s1. The third-order valence-corrected chi connectivity index (χ3v) is 13.3. The number of anilines is 1. The first-order chi connectivity index (χ1) is 21.8. The minimum absolute atomic E-state index is 0.00862. The Labute approximate surface area is 273 Å². The van der Waals surface area contributed by atoms with Crippen molar-refractivity contribution < 1.29 is 23.9 Å². The number of likely N-dealkylation sites (tertiary alicyclic amines) is 1. The lowest BCUT2D eigenvalue weighted by Crippen LogP contribution is -2.42. The highest BCUT2D eigenvalue weighted by Crippen LogP contribution is 2.68. The SMILES string of the molecule is COc1cc([C@@H]2c3sc(=O)[nH]c3S[C@@H]3[C@@H]4C[C@@H]([C@@H]5C(=O)N(c6ccc(Cl)cc6)C(=O)[C@@H]45)[C@H]23)ccc1OCC(=O)N1CCCCC1. The fourth-order valence-corrected chi connectivity index (χ4v) is 11.6. The molecule has 0 spiro atoms. The van der Waals surface area contributed by atoms with Gasteiger partial charge in [0, 0.05) is 34.2 Å². The number of carbonyl (C=O) groups excluding carboxylic acids is 3. The first-order valence-corrected chi connectivity index (χ1v) is 17.5. The van der Waals surface area contributed by atoms with Crippen LogP contribution < -0.4 is 19.2 Å². The van der Waals surface area contributed by atoms with Crippen LogP contribution >= 0.6 is 34.7 Å². The number of methoxy groups -OCH3 is 1. The fraction of sp³-hybridized carbons (Fsp3) is 0.455. The van der Waals surface area contributed by atoms with Gasteiger partial charge < -0.3 is 19.4 Å². The molecule has 2 aliphatic carbocycles. The Kier molecular flexibility index (Phi) is 7.26. The monoisotopic (exact) mass is 665 g/mol. The second-order valence-corrected chi connectivity index (χ2v) is 15.2. The number of nitrogens with zero attached hydrogens (tertiary/aromatic N) is 2. The molecule has 2 saturated carbocycles. The number of fused-ring (bicyclic) bond motifs is 9. The van der Waals surface area contributed by atoms with Crippen LogP contribution in [-0.2, 0) is 14.4 Å². The summed E-state index contributed by atoms with van der Waals surface area (Å²) in [4.78, 5) is 60.3. The van der Waals surface area contributed by atoms with E-state index in [1.807, 2.05) is 23.1 Å². The number of thioether (sulfide) groups is 1. The zero-order chi connectivity index (χ0) is 31.0. The van der Waals surface area contributed by atoms with Gasteiger partial charge >= 0.3 is 4.87 Å². The van der Waals surface area contributed by atoms with Crippen LogP contribution in [0.3, 0.4) is 0 Å². The van der Waals surface area contributed by atoms with Crippen molar-refractivity contribution in [2.24, 2.45) is 29.6 Å². The number of hydrogen-bond acceptors (Lipinski definition) is 8. The average Bonchev–Trinajstić information content (AvgIpc) is 3.79. The van der Waals surface area contributed by atoms with Crippen molar-refractivity contribution in [3.63, 3.8) is 0 Å². The minimum Gasteiger partial charge on any atom is -0.493 e. The molecule has 5 aliphatic rings. The molecule has 4 heterocycles. The Bertz CT molecular complexity index is 1750. The van der Waals surface area contributed by atoms with E-state index in [0.29, 0.717) is 22.2 Å². The molecule has 0 unspecified atom stereocenters. The number of imide groups is 1. The summed E-state index contributed by atoms with van der Waals surface area (Å²) in [7, 11) is 1.58. The number of amides is 3. The summed E-state index contributed by atoms with van der Waals surface area (Å²) < 4.78 is 11.7. The normalized spacial score (nSPS) is 29.9. The summed E-state index contributed by atoms with van der Waals surface area (Å²) in [5, 5.41) is 1.46. The van der Waals surface area contributed by atoms with Crippen LogP contribution in [0.25, 0.3) is 0 Å². The van der Waals surface area contributed by atoms with Crippen LogP contribution in [0.1, 0.15) is 42.0 Å². The van der Waals surface area contributed by atoms with Crippen molar-refractivity contribution >= 4 is 58.1 Å². The van der Waals surface area contributed by atoms with Gasteiger partial charge in [0.05, 0.1) is 29.7 Å². The number of aromatic amines is 1. The minimum atomic E-state index is -0.398. The topological polar surface area (TPSA) is 109 Å². The Morgan fingerprint density at radius 3 is 2.44 bits per heavy atom. The molecule has 3 aliphatic heterocycles. The van der Waals surface area contributed by atoms with Gasteiger partial charge in [-0.05, 0) is 85.4 Å². The highest BCUT2D eigenvalue weighted by atomic mass is 35.5. The molecule has 1 aromatic heterocycles. The third kappa shape index (κ3) is 4.64. The van der Waals surface area contributed by atoms with E-state index in [1.54, 1.807) is 43.1 Å². The van der Waals surface area contributed by atoms with Gasteiger partial charge in [0.1, 0.15) is 0 Å². The smallest absolute Gasteiger partial charge is 0.305 e. The molecule has 1 N–H and O–H groups in total. The maximum absolute atomic E-state index is 14.0. The van der Waals surface area contributed by atoms with Crippen LogP contribution in [-0.4, -0.2) is 59.7 Å². The van der Waals surface area contributed by atoms with Crippen LogP contribution in [0.15, 0.2) is 52.3 Å². The van der Waals surface area contributed by atoms with Crippen molar-refractivity contribution in [2.75, 3.05) is 31.7 Å². The number of thiazole rings is 1. The summed E-state index contributed by atoms with van der Waals surface area (Å²) >= 11 is 8.96. The predicted octanol–water partition coefficient (Wildman–Crippen LogP) is 5.17. The van der Waals surface area contributed by atoms with E-state index in [9.17, 15) is 19.2 Å². The molecule has 12 heteroatoms. The zero-order valence-corrected chi connectivity index (χ0v) is 27.0. The Balaban J connectivity index is 1.11. The quantitative estimate of drug-likeness (QED) is 0.362. The molecule has 0 radical (unpaired) electrons. The summed E-state index contributed by atoms with van der Waals surface area (Å²) in [6, 6.07) is 12.6. The van der Waals surface area contributed by atoms with E-state index in [0.717, 1.165) is 54.2 Å². The second-order valence-electron chi connectivity index (χ2n) is 12.6. The summed E-state index contributed by atoms with van der Waals surface area (Å²) in [6.45, 7) is 1.47. The van der Waals surface area contributed by atoms with Gasteiger partial charge in [-0.25, -0.2) is 0 Å². The summed E-state index contributed by atoms with van der Waals surface area (Å²) in [5.74, 6) is -0.173. The average molecular weight is 666 g/mol. The van der Waals surface area contributed by atoms with Gasteiger partial charge in [-0.2, -0.15) is 0 Å². The summed E-state index contributed by atoms with van der Waals surface area (Å²) in [5.41, 5.74) is 1.52. The molecular formula is C33H32ClN3O6S2. The second kappa shape index (κ2) is 11.2. The van der Waals surface area contributed by atoms with Crippen molar-refractivity contribution in [3.05, 3.63) is 67.6 Å². The lowest BCUT2D eigenvalue weighted by molar-refractivity contribution is -0.134. The Hall–Kier alpha value is -3.28.